The summed E-state index contributed by atoms with van der Waals surface area (Å²) in [6, 6.07) is 5.87. The van der Waals surface area contributed by atoms with Crippen LogP contribution in [-0.2, 0) is 14.3 Å². The Balaban J connectivity index is 1.56. The van der Waals surface area contributed by atoms with E-state index in [-0.39, 0.29) is 43.8 Å². The third-order valence-electron chi connectivity index (χ3n) is 4.99. The van der Waals surface area contributed by atoms with Crippen molar-refractivity contribution in [2.75, 3.05) is 32.8 Å². The van der Waals surface area contributed by atoms with Crippen molar-refractivity contribution >= 4 is 11.8 Å². The van der Waals surface area contributed by atoms with Gasteiger partial charge in [0.25, 0.3) is 0 Å². The number of benzene rings is 1. The average Bonchev–Trinajstić information content (AvgIpc) is 2.67. The number of nitrogens with zero attached hydrogens (tertiary/aromatic N) is 2. The zero-order valence-corrected chi connectivity index (χ0v) is 14.5. The highest BCUT2D eigenvalue weighted by Gasteiger charge is 2.44. The minimum atomic E-state index is -4.89. The first kappa shape index (κ1) is 19.6. The lowest BCUT2D eigenvalue weighted by atomic mass is 9.94. The first-order valence-corrected chi connectivity index (χ1v) is 8.77. The van der Waals surface area contributed by atoms with Crippen molar-refractivity contribution < 1.29 is 31.9 Å². The topological polar surface area (TPSA) is 49.9 Å². The molecule has 0 saturated carbocycles. The summed E-state index contributed by atoms with van der Waals surface area (Å²) in [5.74, 6) is -2.75. The first-order valence-electron chi connectivity index (χ1n) is 8.77. The summed E-state index contributed by atoms with van der Waals surface area (Å²) < 4.78 is 56.2. The largest absolute Gasteiger partial charge is 0.471 e. The van der Waals surface area contributed by atoms with Crippen LogP contribution in [0.3, 0.4) is 0 Å². The van der Waals surface area contributed by atoms with Crippen LogP contribution in [0.1, 0.15) is 24.5 Å². The van der Waals surface area contributed by atoms with E-state index < -0.39 is 18.0 Å². The van der Waals surface area contributed by atoms with E-state index in [1.165, 1.54) is 12.1 Å². The van der Waals surface area contributed by atoms with Crippen LogP contribution >= 0.6 is 0 Å². The van der Waals surface area contributed by atoms with Crippen LogP contribution in [0.25, 0.3) is 0 Å². The van der Waals surface area contributed by atoms with Gasteiger partial charge in [0.2, 0.25) is 5.91 Å². The second kappa shape index (κ2) is 7.84. The number of carbonyl (C=O) groups is 2. The van der Waals surface area contributed by atoms with Crippen molar-refractivity contribution in [2.24, 2.45) is 5.92 Å². The van der Waals surface area contributed by atoms with Crippen LogP contribution in [0.2, 0.25) is 0 Å². The molecule has 1 aromatic carbocycles. The summed E-state index contributed by atoms with van der Waals surface area (Å²) >= 11 is 0. The minimum absolute atomic E-state index is 0.0829. The van der Waals surface area contributed by atoms with Gasteiger partial charge in [0.05, 0.1) is 13.2 Å². The van der Waals surface area contributed by atoms with Crippen molar-refractivity contribution in [2.45, 2.75) is 25.1 Å². The van der Waals surface area contributed by atoms with Gasteiger partial charge in [-0.2, -0.15) is 13.2 Å². The molecule has 9 heteroatoms. The second-order valence-electron chi connectivity index (χ2n) is 6.76. The maximum absolute atomic E-state index is 13.1. The summed E-state index contributed by atoms with van der Waals surface area (Å²) in [4.78, 5) is 26.4. The molecule has 0 N–H and O–H groups in total. The van der Waals surface area contributed by atoms with E-state index in [9.17, 15) is 27.2 Å². The molecular formula is C18H20F4N2O3. The Kier molecular flexibility index (Phi) is 5.69. The molecule has 2 amide bonds. The van der Waals surface area contributed by atoms with Gasteiger partial charge in [-0.15, -0.1) is 0 Å². The number of piperidine rings is 1. The number of alkyl halides is 3. The minimum Gasteiger partial charge on any atom is -0.370 e. The first-order chi connectivity index (χ1) is 12.8. The molecule has 2 aliphatic heterocycles. The van der Waals surface area contributed by atoms with Crippen LogP contribution in [-0.4, -0.2) is 60.6 Å². The molecule has 0 bridgehead atoms. The number of amides is 2. The Morgan fingerprint density at radius 2 is 1.63 bits per heavy atom. The van der Waals surface area contributed by atoms with Crippen molar-refractivity contribution in [3.8, 4) is 0 Å². The molecule has 148 valence electrons. The number of ether oxygens (including phenoxy) is 1. The lowest BCUT2D eigenvalue weighted by molar-refractivity contribution is -0.187. The highest BCUT2D eigenvalue weighted by Crippen LogP contribution is 2.28. The van der Waals surface area contributed by atoms with Crippen molar-refractivity contribution in [1.82, 2.24) is 9.80 Å². The van der Waals surface area contributed by atoms with Crippen LogP contribution < -0.4 is 0 Å². The zero-order chi connectivity index (χ0) is 19.6. The van der Waals surface area contributed by atoms with Gasteiger partial charge in [-0.05, 0) is 30.5 Å². The molecule has 2 aliphatic rings. The highest BCUT2D eigenvalue weighted by atomic mass is 19.4. The SMILES string of the molecule is O=C(C1CCN(C(=O)C(F)(F)F)CC1)N1CCOC(c2ccc(F)cc2)C1. The Bertz CT molecular complexity index is 685. The summed E-state index contributed by atoms with van der Waals surface area (Å²) in [7, 11) is 0. The number of rotatable bonds is 2. The molecule has 2 saturated heterocycles. The fourth-order valence-corrected chi connectivity index (χ4v) is 3.50. The van der Waals surface area contributed by atoms with E-state index in [2.05, 4.69) is 0 Å². The second-order valence-corrected chi connectivity index (χ2v) is 6.76. The lowest BCUT2D eigenvalue weighted by Crippen LogP contribution is -2.50. The normalized spacial score (nSPS) is 22.0. The van der Waals surface area contributed by atoms with Crippen LogP contribution in [0.4, 0.5) is 17.6 Å². The quantitative estimate of drug-likeness (QED) is 0.732. The molecular weight excluding hydrogens is 368 g/mol. The average molecular weight is 388 g/mol. The summed E-state index contributed by atoms with van der Waals surface area (Å²) in [6.07, 6.45) is -4.84. The molecule has 2 heterocycles. The van der Waals surface area contributed by atoms with Gasteiger partial charge >= 0.3 is 12.1 Å². The maximum Gasteiger partial charge on any atom is 0.471 e. The van der Waals surface area contributed by atoms with E-state index in [0.717, 1.165) is 10.5 Å². The van der Waals surface area contributed by atoms with Crippen LogP contribution in [0, 0.1) is 11.7 Å². The summed E-state index contributed by atoms with van der Waals surface area (Å²) in [6.45, 7) is 0.879. The third-order valence-corrected chi connectivity index (χ3v) is 4.99. The molecule has 3 rings (SSSR count). The smallest absolute Gasteiger partial charge is 0.370 e. The number of likely N-dealkylation sites (tertiary alicyclic amines) is 1. The fraction of sp³-hybridized carbons (Fsp3) is 0.556. The van der Waals surface area contributed by atoms with Crippen LogP contribution in [0.5, 0.6) is 0 Å². The lowest BCUT2D eigenvalue weighted by Gasteiger charge is -2.38. The molecule has 0 spiro atoms. The van der Waals surface area contributed by atoms with E-state index in [0.29, 0.717) is 19.7 Å². The predicted molar refractivity (Wildman–Crippen MR) is 87.0 cm³/mol. The Morgan fingerprint density at radius 1 is 1.00 bits per heavy atom. The predicted octanol–water partition coefficient (Wildman–Crippen LogP) is 2.53. The molecule has 5 nitrogen and oxygen atoms in total. The van der Waals surface area contributed by atoms with E-state index in [1.807, 2.05) is 0 Å². The van der Waals surface area contributed by atoms with E-state index in [4.69, 9.17) is 4.74 Å². The van der Waals surface area contributed by atoms with Gasteiger partial charge < -0.3 is 14.5 Å². The molecule has 0 radical (unpaired) electrons. The maximum atomic E-state index is 13.1. The molecule has 27 heavy (non-hydrogen) atoms. The van der Waals surface area contributed by atoms with Gasteiger partial charge in [-0.3, -0.25) is 9.59 Å². The number of halogens is 4. The van der Waals surface area contributed by atoms with Crippen molar-refractivity contribution in [3.05, 3.63) is 35.6 Å². The van der Waals surface area contributed by atoms with Gasteiger partial charge in [-0.1, -0.05) is 12.1 Å². The van der Waals surface area contributed by atoms with Crippen molar-refractivity contribution in [3.63, 3.8) is 0 Å². The van der Waals surface area contributed by atoms with Gasteiger partial charge in [-0.25, -0.2) is 4.39 Å². The van der Waals surface area contributed by atoms with Gasteiger partial charge in [0, 0.05) is 25.6 Å². The van der Waals surface area contributed by atoms with Crippen molar-refractivity contribution in [1.29, 1.82) is 0 Å². The van der Waals surface area contributed by atoms with E-state index >= 15 is 0 Å². The molecule has 1 unspecified atom stereocenters. The summed E-state index contributed by atoms with van der Waals surface area (Å²) in [5, 5.41) is 0. The molecule has 0 aliphatic carbocycles. The zero-order valence-electron chi connectivity index (χ0n) is 14.5. The Labute approximate surface area is 153 Å². The molecule has 2 fully saturated rings. The van der Waals surface area contributed by atoms with Gasteiger partial charge in [0.1, 0.15) is 11.9 Å². The summed E-state index contributed by atoms with van der Waals surface area (Å²) in [5.41, 5.74) is 0.763. The fourth-order valence-electron chi connectivity index (χ4n) is 3.50. The number of hydrogen-bond donors (Lipinski definition) is 0. The monoisotopic (exact) mass is 388 g/mol. The standard InChI is InChI=1S/C18H20F4N2O3/c19-14-3-1-12(2-4-14)15-11-24(9-10-27-15)16(25)13-5-7-23(8-6-13)17(26)18(20,21)22/h1-4,13,15H,5-11H2. The number of carbonyl (C=O) groups excluding carboxylic acids is 2. The molecule has 0 aromatic heterocycles. The Morgan fingerprint density at radius 3 is 2.22 bits per heavy atom. The number of morpholine rings is 1. The molecule has 1 aromatic rings. The third kappa shape index (κ3) is 4.58. The van der Waals surface area contributed by atoms with E-state index in [1.54, 1.807) is 17.0 Å². The van der Waals surface area contributed by atoms with Crippen LogP contribution in [0.15, 0.2) is 24.3 Å². The highest BCUT2D eigenvalue weighted by molar-refractivity contribution is 5.83. The Hall–Kier alpha value is -2.16. The molecule has 1 atom stereocenters. The van der Waals surface area contributed by atoms with Gasteiger partial charge in [0.15, 0.2) is 0 Å². The number of hydrogen-bond acceptors (Lipinski definition) is 3.